The highest BCUT2D eigenvalue weighted by Gasteiger charge is 2.38. The molecule has 0 saturated heterocycles. The van der Waals surface area contributed by atoms with Crippen LogP contribution in [0, 0.1) is 0 Å². The van der Waals surface area contributed by atoms with E-state index >= 15 is 0 Å². The Morgan fingerprint density at radius 2 is 1.81 bits per heavy atom. The van der Waals surface area contributed by atoms with Gasteiger partial charge in [-0.3, -0.25) is 5.84 Å². The van der Waals surface area contributed by atoms with E-state index in [2.05, 4.69) is 32.3 Å². The minimum atomic E-state index is -0.324. The summed E-state index contributed by atoms with van der Waals surface area (Å²) in [5, 5.41) is 0. The number of ether oxygens (including phenoxy) is 2. The van der Waals surface area contributed by atoms with Crippen LogP contribution >= 0.6 is 0 Å². The van der Waals surface area contributed by atoms with Gasteiger partial charge in [-0.15, -0.1) is 0 Å². The van der Waals surface area contributed by atoms with Crippen molar-refractivity contribution in [2.75, 3.05) is 13.2 Å². The van der Waals surface area contributed by atoms with E-state index in [-0.39, 0.29) is 11.6 Å². The molecule has 0 aromatic heterocycles. The summed E-state index contributed by atoms with van der Waals surface area (Å²) < 4.78 is 12.0. The summed E-state index contributed by atoms with van der Waals surface area (Å²) in [7, 11) is 0. The first-order valence-electron chi connectivity index (χ1n) is 8.00. The molecule has 0 aliphatic carbocycles. The summed E-state index contributed by atoms with van der Waals surface area (Å²) in [5.74, 6) is 6.77. The lowest BCUT2D eigenvalue weighted by molar-refractivity contribution is -0.0738. The molecule has 1 aromatic rings. The molecule has 0 radical (unpaired) electrons. The highest BCUT2D eigenvalue weighted by molar-refractivity contribution is 5.37. The van der Waals surface area contributed by atoms with E-state index in [1.54, 1.807) is 0 Å². The van der Waals surface area contributed by atoms with Crippen LogP contribution in [0.3, 0.4) is 0 Å². The van der Waals surface area contributed by atoms with Crippen molar-refractivity contribution in [1.29, 1.82) is 0 Å². The van der Waals surface area contributed by atoms with Crippen LogP contribution in [0.4, 0.5) is 0 Å². The molecule has 0 aliphatic rings. The van der Waals surface area contributed by atoms with Gasteiger partial charge < -0.3 is 9.47 Å². The first-order valence-corrected chi connectivity index (χ1v) is 8.00. The average molecular weight is 294 g/mol. The minimum Gasteiger partial charge on any atom is -0.493 e. The predicted molar refractivity (Wildman–Crippen MR) is 87.2 cm³/mol. The number of hydrazine groups is 1. The van der Waals surface area contributed by atoms with Gasteiger partial charge in [0, 0.05) is 12.2 Å². The fourth-order valence-corrected chi connectivity index (χ4v) is 2.82. The molecule has 1 aromatic carbocycles. The zero-order valence-electron chi connectivity index (χ0n) is 13.8. The average Bonchev–Trinajstić information content (AvgIpc) is 2.53. The summed E-state index contributed by atoms with van der Waals surface area (Å²) in [5.41, 5.74) is 3.69. The first-order chi connectivity index (χ1) is 10.2. The van der Waals surface area contributed by atoms with E-state index in [1.807, 2.05) is 25.1 Å². The van der Waals surface area contributed by atoms with Gasteiger partial charge in [0.05, 0.1) is 18.2 Å². The van der Waals surface area contributed by atoms with E-state index in [0.717, 1.165) is 30.6 Å². The van der Waals surface area contributed by atoms with Crippen molar-refractivity contribution in [2.24, 2.45) is 5.84 Å². The zero-order valence-corrected chi connectivity index (χ0v) is 13.8. The van der Waals surface area contributed by atoms with Gasteiger partial charge >= 0.3 is 0 Å². The van der Waals surface area contributed by atoms with Crippen LogP contribution in [-0.2, 0) is 4.74 Å². The standard InChI is InChI=1S/C17H30N2O2/c1-5-13-20-15-12-10-9-11-14(15)16(19-18)17(6-2,7-3)21-8-4/h9-12,16,19H,5-8,13,18H2,1-4H3. The molecule has 1 atom stereocenters. The monoisotopic (exact) mass is 294 g/mol. The lowest BCUT2D eigenvalue weighted by Crippen LogP contribution is -2.48. The summed E-state index contributed by atoms with van der Waals surface area (Å²) in [6.07, 6.45) is 2.75. The Kier molecular flexibility index (Phi) is 7.72. The van der Waals surface area contributed by atoms with Crippen LogP contribution in [0.25, 0.3) is 0 Å². The molecule has 1 rings (SSSR count). The van der Waals surface area contributed by atoms with Crippen LogP contribution < -0.4 is 16.0 Å². The third kappa shape index (κ3) is 4.19. The van der Waals surface area contributed by atoms with Crippen molar-refractivity contribution in [1.82, 2.24) is 5.43 Å². The van der Waals surface area contributed by atoms with Gasteiger partial charge in [-0.2, -0.15) is 0 Å². The third-order valence-corrected chi connectivity index (χ3v) is 4.01. The highest BCUT2D eigenvalue weighted by atomic mass is 16.5. The molecule has 0 spiro atoms. The predicted octanol–water partition coefficient (Wildman–Crippen LogP) is 3.58. The molecule has 0 bridgehead atoms. The Morgan fingerprint density at radius 1 is 1.14 bits per heavy atom. The fourth-order valence-electron chi connectivity index (χ4n) is 2.82. The molecular formula is C17H30N2O2. The molecular weight excluding hydrogens is 264 g/mol. The van der Waals surface area contributed by atoms with Crippen molar-refractivity contribution in [3.05, 3.63) is 29.8 Å². The van der Waals surface area contributed by atoms with E-state index in [0.29, 0.717) is 13.2 Å². The second-order valence-electron chi connectivity index (χ2n) is 5.19. The summed E-state index contributed by atoms with van der Waals surface area (Å²) in [6, 6.07) is 7.97. The minimum absolute atomic E-state index is 0.0968. The van der Waals surface area contributed by atoms with E-state index in [4.69, 9.17) is 15.3 Å². The second-order valence-corrected chi connectivity index (χ2v) is 5.19. The van der Waals surface area contributed by atoms with Gasteiger partial charge in [-0.25, -0.2) is 5.43 Å². The van der Waals surface area contributed by atoms with Crippen LogP contribution in [0.5, 0.6) is 5.75 Å². The first kappa shape index (κ1) is 18.0. The number of nitrogens with two attached hydrogens (primary N) is 1. The number of nitrogens with one attached hydrogen (secondary N) is 1. The Labute approximate surface area is 129 Å². The molecule has 4 nitrogen and oxygen atoms in total. The molecule has 0 fully saturated rings. The normalized spacial score (nSPS) is 13.2. The van der Waals surface area contributed by atoms with Crippen molar-refractivity contribution in [2.45, 2.75) is 58.6 Å². The van der Waals surface area contributed by atoms with Gasteiger partial charge in [-0.1, -0.05) is 39.0 Å². The quantitative estimate of drug-likeness (QED) is 0.511. The van der Waals surface area contributed by atoms with E-state index < -0.39 is 0 Å². The van der Waals surface area contributed by atoms with Crippen molar-refractivity contribution < 1.29 is 9.47 Å². The molecule has 1 unspecified atom stereocenters. The molecule has 4 heteroatoms. The van der Waals surface area contributed by atoms with Gasteiger partial charge in [0.2, 0.25) is 0 Å². The molecule has 21 heavy (non-hydrogen) atoms. The fraction of sp³-hybridized carbons (Fsp3) is 0.647. The molecule has 120 valence electrons. The van der Waals surface area contributed by atoms with Crippen molar-refractivity contribution in [3.8, 4) is 5.75 Å². The number of hydrogen-bond donors (Lipinski definition) is 2. The maximum absolute atomic E-state index is 6.10. The molecule has 3 N–H and O–H groups in total. The highest BCUT2D eigenvalue weighted by Crippen LogP contribution is 2.38. The number of hydrogen-bond acceptors (Lipinski definition) is 4. The maximum atomic E-state index is 6.10. The van der Waals surface area contributed by atoms with Crippen LogP contribution in [0.1, 0.15) is 58.6 Å². The second kappa shape index (κ2) is 9.03. The lowest BCUT2D eigenvalue weighted by atomic mass is 9.83. The Balaban J connectivity index is 3.18. The van der Waals surface area contributed by atoms with Gasteiger partial charge in [0.1, 0.15) is 5.75 Å². The van der Waals surface area contributed by atoms with Crippen molar-refractivity contribution in [3.63, 3.8) is 0 Å². The number of benzene rings is 1. The van der Waals surface area contributed by atoms with Gasteiger partial charge in [0.15, 0.2) is 0 Å². The van der Waals surface area contributed by atoms with Crippen LogP contribution in [0.15, 0.2) is 24.3 Å². The largest absolute Gasteiger partial charge is 0.493 e. The summed E-state index contributed by atoms with van der Waals surface area (Å²) in [4.78, 5) is 0. The Hall–Kier alpha value is -1.10. The zero-order chi connectivity index (χ0) is 15.7. The van der Waals surface area contributed by atoms with Crippen LogP contribution in [-0.4, -0.2) is 18.8 Å². The molecule has 0 heterocycles. The number of para-hydroxylation sites is 1. The SMILES string of the molecule is CCCOc1ccccc1C(NN)C(CC)(CC)OCC. The summed E-state index contributed by atoms with van der Waals surface area (Å²) >= 11 is 0. The van der Waals surface area contributed by atoms with Gasteiger partial charge in [-0.05, 0) is 32.3 Å². The van der Waals surface area contributed by atoms with Gasteiger partial charge in [0.25, 0.3) is 0 Å². The van der Waals surface area contributed by atoms with E-state index in [1.165, 1.54) is 0 Å². The number of rotatable bonds is 10. The molecule has 0 aliphatic heterocycles. The van der Waals surface area contributed by atoms with Crippen molar-refractivity contribution >= 4 is 0 Å². The summed E-state index contributed by atoms with van der Waals surface area (Å²) in [6.45, 7) is 9.76. The Morgan fingerprint density at radius 3 is 2.33 bits per heavy atom. The lowest BCUT2D eigenvalue weighted by Gasteiger charge is -2.39. The smallest absolute Gasteiger partial charge is 0.124 e. The van der Waals surface area contributed by atoms with Crippen LogP contribution in [0.2, 0.25) is 0 Å². The topological polar surface area (TPSA) is 56.5 Å². The molecule has 0 amide bonds. The Bertz CT molecular complexity index is 406. The molecule has 0 saturated carbocycles. The van der Waals surface area contributed by atoms with E-state index in [9.17, 15) is 0 Å². The maximum Gasteiger partial charge on any atom is 0.124 e. The third-order valence-electron chi connectivity index (χ3n) is 4.01.